The number of para-hydroxylation sites is 1. The second-order valence-corrected chi connectivity index (χ2v) is 4.15. The number of rotatable bonds is 3. The van der Waals surface area contributed by atoms with Crippen LogP contribution in [-0.2, 0) is 0 Å². The predicted molar refractivity (Wildman–Crippen MR) is 67.1 cm³/mol. The average molecular weight is 282 g/mol. The maximum Gasteiger partial charge on any atom is 0.198 e. The summed E-state index contributed by atoms with van der Waals surface area (Å²) < 4.78 is 6.56. The Morgan fingerprint density at radius 1 is 1.44 bits per heavy atom. The molecule has 4 nitrogen and oxygen atoms in total. The van der Waals surface area contributed by atoms with Crippen LogP contribution in [0.25, 0.3) is 0 Å². The highest BCUT2D eigenvalue weighted by molar-refractivity contribution is 9.10. The summed E-state index contributed by atoms with van der Waals surface area (Å²) in [5.74, 6) is 1.28. The van der Waals surface area contributed by atoms with Crippen molar-refractivity contribution in [2.75, 3.05) is 13.3 Å². The lowest BCUT2D eigenvalue weighted by atomic mass is 10.3. The minimum atomic E-state index is 0.391. The summed E-state index contributed by atoms with van der Waals surface area (Å²) in [5.41, 5.74) is 5.71. The molecule has 0 fully saturated rings. The number of aliphatic imine (C=N–C) groups is 1. The summed E-state index contributed by atoms with van der Waals surface area (Å²) in [5, 5.41) is 0. The lowest BCUT2D eigenvalue weighted by Crippen LogP contribution is -2.41. The van der Waals surface area contributed by atoms with Crippen LogP contribution in [0.3, 0.4) is 0 Å². The van der Waals surface area contributed by atoms with Crippen molar-refractivity contribution in [3.8, 4) is 5.75 Å². The van der Waals surface area contributed by atoms with Gasteiger partial charge in [0.15, 0.2) is 12.7 Å². The van der Waals surface area contributed by atoms with Crippen LogP contribution in [-0.4, -0.2) is 24.1 Å². The van der Waals surface area contributed by atoms with Gasteiger partial charge in [0.1, 0.15) is 5.75 Å². The Morgan fingerprint density at radius 3 is 3.00 bits per heavy atom. The van der Waals surface area contributed by atoms with Crippen LogP contribution in [0.1, 0.15) is 0 Å². The summed E-state index contributed by atoms with van der Waals surface area (Å²) in [6, 6.07) is 7.70. The van der Waals surface area contributed by atoms with Gasteiger partial charge >= 0.3 is 0 Å². The Hall–Kier alpha value is -1.49. The van der Waals surface area contributed by atoms with E-state index >= 15 is 0 Å². The predicted octanol–water partition coefficient (Wildman–Crippen LogP) is 1.93. The molecule has 0 bridgehead atoms. The maximum atomic E-state index is 5.71. The summed E-state index contributed by atoms with van der Waals surface area (Å²) in [4.78, 5) is 5.84. The van der Waals surface area contributed by atoms with Gasteiger partial charge in [0, 0.05) is 12.7 Å². The number of nitrogens with two attached hydrogens (primary N) is 1. The van der Waals surface area contributed by atoms with E-state index in [0.717, 1.165) is 16.8 Å². The number of nitrogens with zero attached hydrogens (tertiary/aromatic N) is 2. The molecule has 1 aromatic carbocycles. The maximum absolute atomic E-state index is 5.71. The first-order valence-corrected chi connectivity index (χ1v) is 5.67. The van der Waals surface area contributed by atoms with Crippen molar-refractivity contribution in [2.24, 2.45) is 10.7 Å². The minimum absolute atomic E-state index is 0.391. The second kappa shape index (κ2) is 5.03. The fraction of sp³-hybridized carbons (Fsp3) is 0.182. The van der Waals surface area contributed by atoms with E-state index < -0.39 is 0 Å². The third-order valence-electron chi connectivity index (χ3n) is 2.17. The molecule has 0 spiro atoms. The fourth-order valence-electron chi connectivity index (χ4n) is 1.31. The number of hydrogen-bond donors (Lipinski definition) is 1. The Bertz CT molecular complexity index is 431. The van der Waals surface area contributed by atoms with E-state index in [2.05, 4.69) is 20.9 Å². The number of ether oxygens (including phenoxy) is 1. The molecule has 84 valence electrons. The molecule has 5 heteroatoms. The molecular formula is C11H12BrN3O. The van der Waals surface area contributed by atoms with Crippen molar-refractivity contribution >= 4 is 21.9 Å². The molecular weight excluding hydrogens is 270 g/mol. The van der Waals surface area contributed by atoms with Crippen LogP contribution in [0.15, 0.2) is 46.0 Å². The molecule has 1 aromatic rings. The Balaban J connectivity index is 1.95. The lowest BCUT2D eigenvalue weighted by molar-refractivity contribution is 0.199. The van der Waals surface area contributed by atoms with Crippen LogP contribution in [0.4, 0.5) is 0 Å². The summed E-state index contributed by atoms with van der Waals surface area (Å²) >= 11 is 3.42. The zero-order valence-corrected chi connectivity index (χ0v) is 10.2. The van der Waals surface area contributed by atoms with E-state index in [0.29, 0.717) is 12.7 Å². The molecule has 0 saturated heterocycles. The third kappa shape index (κ3) is 2.55. The van der Waals surface area contributed by atoms with Crippen LogP contribution in [0.5, 0.6) is 5.75 Å². The Kier molecular flexibility index (Phi) is 3.46. The molecule has 0 saturated carbocycles. The van der Waals surface area contributed by atoms with Crippen LogP contribution >= 0.6 is 15.9 Å². The summed E-state index contributed by atoms with van der Waals surface area (Å²) in [6.45, 7) is 1.11. The minimum Gasteiger partial charge on any atom is -0.472 e. The Morgan fingerprint density at radius 2 is 2.25 bits per heavy atom. The number of benzene rings is 1. The molecule has 0 radical (unpaired) electrons. The molecule has 2 rings (SSSR count). The monoisotopic (exact) mass is 281 g/mol. The topological polar surface area (TPSA) is 50.8 Å². The van der Waals surface area contributed by atoms with Crippen molar-refractivity contribution < 1.29 is 4.74 Å². The zero-order chi connectivity index (χ0) is 11.4. The fourth-order valence-corrected chi connectivity index (χ4v) is 1.71. The van der Waals surface area contributed by atoms with E-state index in [9.17, 15) is 0 Å². The zero-order valence-electron chi connectivity index (χ0n) is 8.64. The SMILES string of the molecule is NC1=NC=CCN1COc1ccccc1Br. The molecule has 0 aromatic heterocycles. The van der Waals surface area contributed by atoms with E-state index in [1.54, 1.807) is 6.20 Å². The molecule has 0 atom stereocenters. The first-order valence-electron chi connectivity index (χ1n) is 4.88. The molecule has 0 amide bonds. The summed E-state index contributed by atoms with van der Waals surface area (Å²) in [7, 11) is 0. The highest BCUT2D eigenvalue weighted by Gasteiger charge is 2.09. The Labute approximate surface area is 103 Å². The van der Waals surface area contributed by atoms with Crippen molar-refractivity contribution in [3.63, 3.8) is 0 Å². The van der Waals surface area contributed by atoms with Gasteiger partial charge in [-0.3, -0.25) is 0 Å². The van der Waals surface area contributed by atoms with E-state index in [-0.39, 0.29) is 0 Å². The highest BCUT2D eigenvalue weighted by Crippen LogP contribution is 2.23. The smallest absolute Gasteiger partial charge is 0.198 e. The van der Waals surface area contributed by atoms with Gasteiger partial charge in [0.2, 0.25) is 0 Å². The third-order valence-corrected chi connectivity index (χ3v) is 2.83. The quantitative estimate of drug-likeness (QED) is 0.921. The van der Waals surface area contributed by atoms with Gasteiger partial charge in [-0.1, -0.05) is 12.1 Å². The largest absolute Gasteiger partial charge is 0.472 e. The molecule has 0 aliphatic carbocycles. The normalized spacial score (nSPS) is 14.8. The second-order valence-electron chi connectivity index (χ2n) is 3.30. The van der Waals surface area contributed by atoms with E-state index in [4.69, 9.17) is 10.5 Å². The van der Waals surface area contributed by atoms with Crippen molar-refractivity contribution in [1.82, 2.24) is 4.90 Å². The number of hydrogen-bond acceptors (Lipinski definition) is 4. The summed E-state index contributed by atoms with van der Waals surface area (Å²) in [6.07, 6.45) is 3.63. The van der Waals surface area contributed by atoms with Gasteiger partial charge in [-0.05, 0) is 34.1 Å². The van der Waals surface area contributed by atoms with Gasteiger partial charge in [-0.15, -0.1) is 0 Å². The average Bonchev–Trinajstić information content (AvgIpc) is 2.30. The van der Waals surface area contributed by atoms with Crippen LogP contribution < -0.4 is 10.5 Å². The van der Waals surface area contributed by atoms with Crippen molar-refractivity contribution in [1.29, 1.82) is 0 Å². The van der Waals surface area contributed by atoms with Crippen molar-refractivity contribution in [2.45, 2.75) is 0 Å². The molecule has 0 unspecified atom stereocenters. The van der Waals surface area contributed by atoms with E-state index in [1.807, 2.05) is 35.2 Å². The van der Waals surface area contributed by atoms with Gasteiger partial charge < -0.3 is 15.4 Å². The number of halogens is 1. The van der Waals surface area contributed by atoms with Gasteiger partial charge in [-0.2, -0.15) is 0 Å². The molecule has 16 heavy (non-hydrogen) atoms. The van der Waals surface area contributed by atoms with E-state index in [1.165, 1.54) is 0 Å². The van der Waals surface area contributed by atoms with Crippen molar-refractivity contribution in [3.05, 3.63) is 41.0 Å². The molecule has 2 N–H and O–H groups in total. The van der Waals surface area contributed by atoms with Gasteiger partial charge in [0.25, 0.3) is 0 Å². The lowest BCUT2D eigenvalue weighted by Gasteiger charge is -2.23. The first-order chi connectivity index (χ1) is 7.77. The highest BCUT2D eigenvalue weighted by atomic mass is 79.9. The standard InChI is InChI=1S/C11H12BrN3O/c12-9-4-1-2-5-10(9)16-8-15-7-3-6-14-11(15)13/h1-6H,7-8H2,(H2,13,14). The van der Waals surface area contributed by atoms with Gasteiger partial charge in [-0.25, -0.2) is 4.99 Å². The van der Waals surface area contributed by atoms with Crippen LogP contribution in [0.2, 0.25) is 0 Å². The van der Waals surface area contributed by atoms with Crippen LogP contribution in [0, 0.1) is 0 Å². The molecule has 1 aliphatic heterocycles. The first kappa shape index (κ1) is 11.0. The van der Waals surface area contributed by atoms with Gasteiger partial charge in [0.05, 0.1) is 4.47 Å². The number of guanidine groups is 1. The molecule has 1 heterocycles. The molecule has 1 aliphatic rings.